The molecule has 0 aromatic heterocycles. The van der Waals surface area contributed by atoms with Crippen molar-refractivity contribution in [2.24, 2.45) is 0 Å². The van der Waals surface area contributed by atoms with Crippen LogP contribution in [0.2, 0.25) is 0 Å². The molecule has 0 bridgehead atoms. The summed E-state index contributed by atoms with van der Waals surface area (Å²) >= 11 is 0. The standard InChI is InChI=1S/C58H34B2N4O2/c1-5-17-35(18-6-1)61-41-25-13-27-43-51(41)59-54-46(61)30-16-32-49(54)66-58-40-34-50-56-57(39(40)33-47(55(58)59)63(43)37-21-9-3-10-22-37)64(38-23-11-4-12-24-38)44-28-14-26-42-52(44)60(56)53-45(29-15-31-48(53)65-50)62(42)36-19-7-2-8-20-36/h1-34H. The van der Waals surface area contributed by atoms with Gasteiger partial charge >= 0.3 is 0 Å². The second-order valence-corrected chi connectivity index (χ2v) is 17.9. The SMILES string of the molecule is c1ccc(N2c3cccc4c3B3c5c2cccc5N(c2ccccc2)c2cc5c6c7c(cc5c(c23)O4)Oc2cccc3c2B7c2c(cccc2N6c2ccccc2)N3c2ccccc2)cc1. The lowest BCUT2D eigenvalue weighted by atomic mass is 9.31. The minimum absolute atomic E-state index is 0.0714. The van der Waals surface area contributed by atoms with Crippen LogP contribution < -0.4 is 61.9 Å². The van der Waals surface area contributed by atoms with Crippen LogP contribution >= 0.6 is 0 Å². The van der Waals surface area contributed by atoms with E-state index in [0.717, 1.165) is 85.0 Å². The van der Waals surface area contributed by atoms with E-state index in [0.29, 0.717) is 0 Å². The molecule has 10 aromatic rings. The maximum atomic E-state index is 7.50. The summed E-state index contributed by atoms with van der Waals surface area (Å²) in [5.41, 5.74) is 20.9. The highest BCUT2D eigenvalue weighted by atomic mass is 16.5. The maximum absolute atomic E-state index is 7.50. The van der Waals surface area contributed by atoms with Crippen molar-refractivity contribution in [1.82, 2.24) is 0 Å². The fraction of sp³-hybridized carbons (Fsp3) is 0. The maximum Gasteiger partial charge on any atom is 0.261 e. The molecule has 0 radical (unpaired) electrons. The van der Waals surface area contributed by atoms with E-state index in [1.165, 1.54) is 49.8 Å². The van der Waals surface area contributed by atoms with Crippen LogP contribution in [0.1, 0.15) is 0 Å². The lowest BCUT2D eigenvalue weighted by Crippen LogP contribution is -2.64. The summed E-state index contributed by atoms with van der Waals surface area (Å²) in [6.07, 6.45) is 0. The Hall–Kier alpha value is -8.61. The third kappa shape index (κ3) is 4.29. The van der Waals surface area contributed by atoms with Gasteiger partial charge in [-0.2, -0.15) is 0 Å². The van der Waals surface area contributed by atoms with Crippen molar-refractivity contribution >= 4 is 125 Å². The zero-order valence-electron chi connectivity index (χ0n) is 35.4. The van der Waals surface area contributed by atoms with E-state index >= 15 is 0 Å². The molecule has 0 saturated carbocycles. The Bertz CT molecular complexity index is 3680. The summed E-state index contributed by atoms with van der Waals surface area (Å²) in [7, 11) is 0. The highest BCUT2D eigenvalue weighted by molar-refractivity contribution is 7.03. The molecule has 6 nitrogen and oxygen atoms in total. The number of hydrogen-bond acceptors (Lipinski definition) is 6. The molecule has 8 heteroatoms. The highest BCUT2D eigenvalue weighted by Crippen LogP contribution is 2.55. The summed E-state index contributed by atoms with van der Waals surface area (Å²) < 4.78 is 14.8. The van der Waals surface area contributed by atoms with Crippen molar-refractivity contribution in [2.75, 3.05) is 19.6 Å². The second-order valence-electron chi connectivity index (χ2n) is 17.9. The van der Waals surface area contributed by atoms with Gasteiger partial charge in [0.2, 0.25) is 0 Å². The van der Waals surface area contributed by atoms with E-state index < -0.39 is 0 Å². The molecule has 0 N–H and O–H groups in total. The topological polar surface area (TPSA) is 31.4 Å². The predicted molar refractivity (Wildman–Crippen MR) is 272 cm³/mol. The average molecular weight is 841 g/mol. The number of fused-ring (bicyclic) bond motifs is 3. The van der Waals surface area contributed by atoms with Crippen LogP contribution in [0.25, 0.3) is 10.8 Å². The lowest BCUT2D eigenvalue weighted by molar-refractivity contribution is 0.484. The Morgan fingerprint density at radius 2 is 0.667 bits per heavy atom. The molecule has 10 aromatic carbocycles. The third-order valence-corrected chi connectivity index (χ3v) is 14.7. The molecule has 6 aliphatic heterocycles. The van der Waals surface area contributed by atoms with Crippen molar-refractivity contribution in [3.8, 4) is 23.0 Å². The summed E-state index contributed by atoms with van der Waals surface area (Å²) in [5, 5.41) is 2.14. The van der Waals surface area contributed by atoms with Gasteiger partial charge in [-0.1, -0.05) is 97.1 Å². The van der Waals surface area contributed by atoms with Crippen molar-refractivity contribution in [3.05, 3.63) is 206 Å². The Morgan fingerprint density at radius 3 is 1.17 bits per heavy atom. The van der Waals surface area contributed by atoms with Crippen molar-refractivity contribution in [1.29, 1.82) is 0 Å². The van der Waals surface area contributed by atoms with Gasteiger partial charge < -0.3 is 29.1 Å². The molecule has 0 atom stereocenters. The first kappa shape index (κ1) is 34.8. The Morgan fingerprint density at radius 1 is 0.273 bits per heavy atom. The molecule has 6 aliphatic rings. The Labute approximate surface area is 381 Å². The van der Waals surface area contributed by atoms with Gasteiger partial charge in [-0.15, -0.1) is 0 Å². The molecule has 16 rings (SSSR count). The van der Waals surface area contributed by atoms with Crippen LogP contribution in [0, 0.1) is 0 Å². The molecule has 0 aliphatic carbocycles. The van der Waals surface area contributed by atoms with Gasteiger partial charge in [0, 0.05) is 73.3 Å². The van der Waals surface area contributed by atoms with Gasteiger partial charge in [0.1, 0.15) is 23.0 Å². The number of para-hydroxylation sites is 4. The third-order valence-electron chi connectivity index (χ3n) is 14.7. The molecule has 0 fully saturated rings. The normalized spacial score (nSPS) is 14.4. The number of ether oxygens (including phenoxy) is 2. The average Bonchev–Trinajstić information content (AvgIpc) is 3.38. The monoisotopic (exact) mass is 840 g/mol. The van der Waals surface area contributed by atoms with Gasteiger partial charge in [0.25, 0.3) is 13.4 Å². The first-order valence-corrected chi connectivity index (χ1v) is 22.8. The lowest BCUT2D eigenvalue weighted by Gasteiger charge is -2.48. The smallest absolute Gasteiger partial charge is 0.261 e. The molecule has 66 heavy (non-hydrogen) atoms. The summed E-state index contributed by atoms with van der Waals surface area (Å²) in [6.45, 7) is -0.143. The number of nitrogens with zero attached hydrogens (tertiary/aromatic N) is 4. The fourth-order valence-electron chi connectivity index (χ4n) is 12.3. The first-order chi connectivity index (χ1) is 32.8. The molecular weight excluding hydrogens is 806 g/mol. The second kappa shape index (κ2) is 12.6. The molecule has 304 valence electrons. The predicted octanol–water partition coefficient (Wildman–Crippen LogP) is 11.2. The van der Waals surface area contributed by atoms with Gasteiger partial charge in [-0.05, 0) is 142 Å². The number of hydrogen-bond donors (Lipinski definition) is 0. The zero-order chi connectivity index (χ0) is 42.8. The van der Waals surface area contributed by atoms with Crippen LogP contribution in [0.3, 0.4) is 0 Å². The van der Waals surface area contributed by atoms with E-state index in [4.69, 9.17) is 9.47 Å². The van der Waals surface area contributed by atoms with E-state index in [2.05, 4.69) is 226 Å². The Kier molecular flexibility index (Phi) is 6.62. The van der Waals surface area contributed by atoms with Crippen LogP contribution in [0.4, 0.5) is 68.2 Å². The fourth-order valence-corrected chi connectivity index (χ4v) is 12.3. The first-order valence-electron chi connectivity index (χ1n) is 22.8. The summed E-state index contributed by atoms with van der Waals surface area (Å²) in [5.74, 6) is 3.50. The van der Waals surface area contributed by atoms with Crippen LogP contribution in [-0.2, 0) is 0 Å². The largest absolute Gasteiger partial charge is 0.458 e. The van der Waals surface area contributed by atoms with Crippen molar-refractivity contribution in [3.63, 3.8) is 0 Å². The number of benzene rings is 10. The molecule has 6 heterocycles. The van der Waals surface area contributed by atoms with E-state index in [1.807, 2.05) is 0 Å². The van der Waals surface area contributed by atoms with Gasteiger partial charge in [-0.3, -0.25) is 0 Å². The minimum atomic E-state index is -0.0714. The molecular formula is C58H34B2N4O2. The van der Waals surface area contributed by atoms with E-state index in [1.54, 1.807) is 0 Å². The Balaban J connectivity index is 1.04. The van der Waals surface area contributed by atoms with Crippen LogP contribution in [0.15, 0.2) is 206 Å². The van der Waals surface area contributed by atoms with E-state index in [9.17, 15) is 0 Å². The van der Waals surface area contributed by atoms with Crippen LogP contribution in [0.5, 0.6) is 23.0 Å². The number of anilines is 12. The quantitative estimate of drug-likeness (QED) is 0.164. The van der Waals surface area contributed by atoms with Crippen molar-refractivity contribution < 1.29 is 9.47 Å². The molecule has 0 saturated heterocycles. The molecule has 0 amide bonds. The summed E-state index contributed by atoms with van der Waals surface area (Å²) in [4.78, 5) is 9.82. The van der Waals surface area contributed by atoms with Crippen LogP contribution in [-0.4, -0.2) is 13.4 Å². The number of rotatable bonds is 4. The summed E-state index contributed by atoms with van der Waals surface area (Å²) in [6, 6.07) is 74.7. The zero-order valence-corrected chi connectivity index (χ0v) is 35.4. The van der Waals surface area contributed by atoms with Gasteiger partial charge in [0.05, 0.1) is 5.69 Å². The van der Waals surface area contributed by atoms with Crippen molar-refractivity contribution in [2.45, 2.75) is 0 Å². The van der Waals surface area contributed by atoms with Gasteiger partial charge in [0.15, 0.2) is 0 Å². The molecule has 0 spiro atoms. The minimum Gasteiger partial charge on any atom is -0.458 e. The van der Waals surface area contributed by atoms with Gasteiger partial charge in [-0.25, -0.2) is 0 Å². The van der Waals surface area contributed by atoms with E-state index in [-0.39, 0.29) is 13.4 Å². The molecule has 0 unspecified atom stereocenters. The highest BCUT2D eigenvalue weighted by Gasteiger charge is 2.52.